The molecule has 0 aliphatic heterocycles. The Morgan fingerprint density at radius 2 is 2.22 bits per heavy atom. The number of carbonyl (C=O) groups is 1. The molecule has 0 aliphatic rings. The Bertz CT molecular complexity index is 446. The third-order valence-electron chi connectivity index (χ3n) is 2.48. The molecular formula is C12H16N2O4. The number of benzene rings is 1. The molecule has 0 saturated carbocycles. The standard InChI is InChI=1S/C12H16N2O4/c1-3-4-8-13-11-9(12(15)18-2)6-5-7-10(11)14(16)17/h5-7,13H,3-4,8H2,1-2H3. The predicted molar refractivity (Wildman–Crippen MR) is 67.8 cm³/mol. The normalized spacial score (nSPS) is 9.89. The minimum Gasteiger partial charge on any atom is -0.465 e. The Labute approximate surface area is 105 Å². The molecular weight excluding hydrogens is 236 g/mol. The van der Waals surface area contributed by atoms with Gasteiger partial charge in [-0.25, -0.2) is 4.79 Å². The summed E-state index contributed by atoms with van der Waals surface area (Å²) in [6.07, 6.45) is 1.83. The number of nitro benzene ring substituents is 1. The fourth-order valence-corrected chi connectivity index (χ4v) is 1.55. The quantitative estimate of drug-likeness (QED) is 0.364. The lowest BCUT2D eigenvalue weighted by atomic mass is 10.1. The Morgan fingerprint density at radius 3 is 2.78 bits per heavy atom. The molecule has 0 spiro atoms. The Balaban J connectivity index is 3.12. The lowest BCUT2D eigenvalue weighted by molar-refractivity contribution is -0.384. The average Bonchev–Trinajstić information content (AvgIpc) is 2.38. The molecule has 0 fully saturated rings. The average molecular weight is 252 g/mol. The fraction of sp³-hybridized carbons (Fsp3) is 0.417. The SMILES string of the molecule is CCCCNc1c(C(=O)OC)cccc1[N+](=O)[O-]. The van der Waals surface area contributed by atoms with Crippen molar-refractivity contribution < 1.29 is 14.5 Å². The van der Waals surface area contributed by atoms with Crippen molar-refractivity contribution in [3.8, 4) is 0 Å². The molecule has 6 nitrogen and oxygen atoms in total. The highest BCUT2D eigenvalue weighted by Gasteiger charge is 2.21. The van der Waals surface area contributed by atoms with Gasteiger partial charge in [-0.05, 0) is 12.5 Å². The van der Waals surface area contributed by atoms with Gasteiger partial charge in [-0.2, -0.15) is 0 Å². The third kappa shape index (κ3) is 3.19. The van der Waals surface area contributed by atoms with Crippen LogP contribution in [0.4, 0.5) is 11.4 Å². The van der Waals surface area contributed by atoms with E-state index < -0.39 is 10.9 Å². The number of hydrogen-bond donors (Lipinski definition) is 1. The number of nitrogens with zero attached hydrogens (tertiary/aromatic N) is 1. The number of para-hydroxylation sites is 1. The number of ether oxygens (including phenoxy) is 1. The van der Waals surface area contributed by atoms with Crippen molar-refractivity contribution in [3.05, 3.63) is 33.9 Å². The van der Waals surface area contributed by atoms with Crippen LogP contribution < -0.4 is 5.32 Å². The van der Waals surface area contributed by atoms with Crippen LogP contribution in [-0.2, 0) is 4.74 Å². The lowest BCUT2D eigenvalue weighted by Crippen LogP contribution is -2.11. The molecule has 0 bridgehead atoms. The van der Waals surface area contributed by atoms with Crippen molar-refractivity contribution in [2.45, 2.75) is 19.8 Å². The molecule has 1 aromatic carbocycles. The molecule has 1 N–H and O–H groups in total. The molecule has 0 aliphatic carbocycles. The summed E-state index contributed by atoms with van der Waals surface area (Å²) in [7, 11) is 1.25. The molecule has 0 atom stereocenters. The Kier molecular flexibility index (Phi) is 5.10. The van der Waals surface area contributed by atoms with Crippen LogP contribution in [0, 0.1) is 10.1 Å². The second kappa shape index (κ2) is 6.58. The molecule has 1 rings (SSSR count). The second-order valence-corrected chi connectivity index (χ2v) is 3.73. The summed E-state index contributed by atoms with van der Waals surface area (Å²) >= 11 is 0. The Morgan fingerprint density at radius 1 is 1.50 bits per heavy atom. The number of hydrogen-bond acceptors (Lipinski definition) is 5. The van der Waals surface area contributed by atoms with Crippen LogP contribution in [0.2, 0.25) is 0 Å². The maximum absolute atomic E-state index is 11.6. The minimum atomic E-state index is -0.585. The maximum Gasteiger partial charge on any atom is 0.340 e. The van der Waals surface area contributed by atoms with Crippen molar-refractivity contribution in [2.24, 2.45) is 0 Å². The largest absolute Gasteiger partial charge is 0.465 e. The van der Waals surface area contributed by atoms with E-state index in [1.165, 1.54) is 25.3 Å². The van der Waals surface area contributed by atoms with E-state index in [0.29, 0.717) is 6.54 Å². The highest BCUT2D eigenvalue weighted by molar-refractivity contribution is 5.98. The number of nitrogens with one attached hydrogen (secondary N) is 1. The molecule has 98 valence electrons. The summed E-state index contributed by atoms with van der Waals surface area (Å²) in [5.41, 5.74) is 0.291. The molecule has 0 saturated heterocycles. The number of esters is 1. The molecule has 6 heteroatoms. The molecule has 0 radical (unpaired) electrons. The van der Waals surface area contributed by atoms with E-state index in [-0.39, 0.29) is 16.9 Å². The van der Waals surface area contributed by atoms with Crippen LogP contribution in [-0.4, -0.2) is 24.5 Å². The lowest BCUT2D eigenvalue weighted by Gasteiger charge is -2.10. The summed E-state index contributed by atoms with van der Waals surface area (Å²) in [5.74, 6) is -0.585. The van der Waals surface area contributed by atoms with E-state index in [1.54, 1.807) is 0 Å². The summed E-state index contributed by atoms with van der Waals surface area (Å²) < 4.78 is 4.62. The zero-order chi connectivity index (χ0) is 13.5. The summed E-state index contributed by atoms with van der Waals surface area (Å²) in [5, 5.41) is 13.9. The van der Waals surface area contributed by atoms with Gasteiger partial charge in [-0.3, -0.25) is 10.1 Å². The topological polar surface area (TPSA) is 81.5 Å². The van der Waals surface area contributed by atoms with E-state index in [1.807, 2.05) is 6.92 Å². The first-order valence-corrected chi connectivity index (χ1v) is 5.71. The van der Waals surface area contributed by atoms with Gasteiger partial charge in [-0.15, -0.1) is 0 Å². The molecule has 0 unspecified atom stereocenters. The number of methoxy groups -OCH3 is 1. The number of rotatable bonds is 6. The predicted octanol–water partition coefficient (Wildman–Crippen LogP) is 2.59. The van der Waals surface area contributed by atoms with Gasteiger partial charge in [0, 0.05) is 12.6 Å². The van der Waals surface area contributed by atoms with Gasteiger partial charge in [0.15, 0.2) is 0 Å². The van der Waals surface area contributed by atoms with Gasteiger partial charge in [0.1, 0.15) is 5.69 Å². The van der Waals surface area contributed by atoms with Crippen LogP contribution in [0.25, 0.3) is 0 Å². The van der Waals surface area contributed by atoms with Gasteiger partial charge >= 0.3 is 5.97 Å². The van der Waals surface area contributed by atoms with Gasteiger partial charge < -0.3 is 10.1 Å². The van der Waals surface area contributed by atoms with Crippen LogP contribution in [0.3, 0.4) is 0 Å². The van der Waals surface area contributed by atoms with Gasteiger partial charge in [0.2, 0.25) is 0 Å². The third-order valence-corrected chi connectivity index (χ3v) is 2.48. The minimum absolute atomic E-state index is 0.117. The molecule has 0 amide bonds. The van der Waals surface area contributed by atoms with Gasteiger partial charge in [0.25, 0.3) is 5.69 Å². The molecule has 0 heterocycles. The van der Waals surface area contributed by atoms with E-state index in [0.717, 1.165) is 12.8 Å². The number of carbonyl (C=O) groups excluding carboxylic acids is 1. The van der Waals surface area contributed by atoms with Crippen molar-refractivity contribution >= 4 is 17.3 Å². The monoisotopic (exact) mass is 252 g/mol. The van der Waals surface area contributed by atoms with Crippen LogP contribution in [0.15, 0.2) is 18.2 Å². The van der Waals surface area contributed by atoms with Crippen molar-refractivity contribution in [2.75, 3.05) is 19.0 Å². The van der Waals surface area contributed by atoms with Gasteiger partial charge in [0.05, 0.1) is 17.6 Å². The molecule has 0 aromatic heterocycles. The van der Waals surface area contributed by atoms with Crippen molar-refractivity contribution in [3.63, 3.8) is 0 Å². The van der Waals surface area contributed by atoms with E-state index in [4.69, 9.17) is 0 Å². The molecule has 1 aromatic rings. The fourth-order valence-electron chi connectivity index (χ4n) is 1.55. The first kappa shape index (κ1) is 14.0. The second-order valence-electron chi connectivity index (χ2n) is 3.73. The highest BCUT2D eigenvalue weighted by atomic mass is 16.6. The summed E-state index contributed by atoms with van der Waals surface area (Å²) in [4.78, 5) is 22.0. The van der Waals surface area contributed by atoms with Crippen LogP contribution >= 0.6 is 0 Å². The maximum atomic E-state index is 11.6. The zero-order valence-electron chi connectivity index (χ0n) is 10.4. The number of unbranched alkanes of at least 4 members (excludes halogenated alkanes) is 1. The molecule has 18 heavy (non-hydrogen) atoms. The zero-order valence-corrected chi connectivity index (χ0v) is 10.4. The van der Waals surface area contributed by atoms with Crippen LogP contribution in [0.1, 0.15) is 30.1 Å². The summed E-state index contributed by atoms with van der Waals surface area (Å²) in [6.45, 7) is 2.59. The number of nitro groups is 1. The summed E-state index contributed by atoms with van der Waals surface area (Å²) in [6, 6.07) is 4.34. The van der Waals surface area contributed by atoms with E-state index >= 15 is 0 Å². The van der Waals surface area contributed by atoms with Crippen molar-refractivity contribution in [1.29, 1.82) is 0 Å². The van der Waals surface area contributed by atoms with Gasteiger partial charge in [-0.1, -0.05) is 19.4 Å². The van der Waals surface area contributed by atoms with E-state index in [2.05, 4.69) is 10.1 Å². The number of anilines is 1. The first-order valence-electron chi connectivity index (χ1n) is 5.71. The van der Waals surface area contributed by atoms with Crippen LogP contribution in [0.5, 0.6) is 0 Å². The van der Waals surface area contributed by atoms with Crippen molar-refractivity contribution in [1.82, 2.24) is 0 Å². The van der Waals surface area contributed by atoms with E-state index in [9.17, 15) is 14.9 Å². The first-order chi connectivity index (χ1) is 8.61. The Hall–Kier alpha value is -2.11. The highest BCUT2D eigenvalue weighted by Crippen LogP contribution is 2.28. The smallest absolute Gasteiger partial charge is 0.340 e.